The maximum Gasteiger partial charge on any atom is 0.238 e. The van der Waals surface area contributed by atoms with E-state index in [1.54, 1.807) is 0 Å². The summed E-state index contributed by atoms with van der Waals surface area (Å²) in [6.45, 7) is 0. The van der Waals surface area contributed by atoms with E-state index in [-0.39, 0.29) is 11.5 Å². The van der Waals surface area contributed by atoms with Crippen LogP contribution in [-0.4, -0.2) is 13.6 Å². The van der Waals surface area contributed by atoms with E-state index < -0.39 is 32.0 Å². The van der Waals surface area contributed by atoms with Crippen molar-refractivity contribution in [2.75, 3.05) is 0 Å². The first-order chi connectivity index (χ1) is 8.37. The van der Waals surface area contributed by atoms with Crippen molar-refractivity contribution >= 4 is 19.7 Å². The third-order valence-electron chi connectivity index (χ3n) is 2.09. The number of halogens is 3. The van der Waals surface area contributed by atoms with E-state index in [1.807, 2.05) is 0 Å². The van der Waals surface area contributed by atoms with Crippen molar-refractivity contribution in [3.05, 3.63) is 41.6 Å². The quantitative estimate of drug-likeness (QED) is 0.816. The van der Waals surface area contributed by atoms with Crippen molar-refractivity contribution in [1.29, 1.82) is 0 Å². The van der Waals surface area contributed by atoms with Crippen molar-refractivity contribution in [1.82, 2.24) is 5.16 Å². The largest absolute Gasteiger partial charge is 0.356 e. The molecule has 0 aliphatic heterocycles. The molecule has 0 unspecified atom stereocenters. The van der Waals surface area contributed by atoms with Crippen LogP contribution < -0.4 is 0 Å². The van der Waals surface area contributed by atoms with Gasteiger partial charge in [-0.25, -0.2) is 17.2 Å². The van der Waals surface area contributed by atoms with Crippen LogP contribution in [-0.2, 0) is 14.8 Å². The Bertz CT molecular complexity index is 664. The molecule has 1 aromatic carbocycles. The summed E-state index contributed by atoms with van der Waals surface area (Å²) >= 11 is 0. The van der Waals surface area contributed by atoms with Gasteiger partial charge in [0.2, 0.25) is 9.05 Å². The fraction of sp³-hybridized carbons (Fsp3) is 0.100. The Labute approximate surface area is 106 Å². The molecule has 2 rings (SSSR count). The molecule has 0 fully saturated rings. The molecule has 0 spiro atoms. The van der Waals surface area contributed by atoms with Crippen LogP contribution in [0.5, 0.6) is 0 Å². The predicted molar refractivity (Wildman–Crippen MR) is 60.3 cm³/mol. The molecule has 4 nitrogen and oxygen atoms in total. The molecule has 0 N–H and O–H groups in total. The van der Waals surface area contributed by atoms with Crippen LogP contribution in [0.3, 0.4) is 0 Å². The molecule has 8 heteroatoms. The normalized spacial score (nSPS) is 11.7. The number of rotatable bonds is 3. The molecule has 0 saturated heterocycles. The highest BCUT2D eigenvalue weighted by Gasteiger charge is 2.18. The lowest BCUT2D eigenvalue weighted by Gasteiger charge is -1.98. The Kier molecular flexibility index (Phi) is 3.36. The lowest BCUT2D eigenvalue weighted by atomic mass is 10.1. The molecular weight excluding hydrogens is 288 g/mol. The fourth-order valence-electron chi connectivity index (χ4n) is 1.41. The summed E-state index contributed by atoms with van der Waals surface area (Å²) < 4.78 is 53.2. The predicted octanol–water partition coefficient (Wildman–Crippen LogP) is 2.69. The third-order valence-corrected chi connectivity index (χ3v) is 3.06. The maximum absolute atomic E-state index is 13.4. The van der Waals surface area contributed by atoms with E-state index in [4.69, 9.17) is 15.2 Å². The lowest BCUT2D eigenvalue weighted by molar-refractivity contribution is 0.420. The van der Waals surface area contributed by atoms with Gasteiger partial charge in [-0.2, -0.15) is 0 Å². The molecule has 96 valence electrons. The van der Waals surface area contributed by atoms with Gasteiger partial charge in [-0.3, -0.25) is 0 Å². The van der Waals surface area contributed by atoms with Gasteiger partial charge >= 0.3 is 0 Å². The zero-order valence-electron chi connectivity index (χ0n) is 8.73. The first-order valence-electron chi connectivity index (χ1n) is 4.69. The second-order valence-corrected chi connectivity index (χ2v) is 6.24. The van der Waals surface area contributed by atoms with E-state index in [1.165, 1.54) is 6.07 Å². The minimum absolute atomic E-state index is 0.0253. The third kappa shape index (κ3) is 2.85. The van der Waals surface area contributed by atoms with Gasteiger partial charge in [0.05, 0.1) is 5.56 Å². The van der Waals surface area contributed by atoms with Gasteiger partial charge in [0.25, 0.3) is 0 Å². The SMILES string of the molecule is O=S(=O)(Cl)Cc1cc(-c2c(F)cccc2F)on1. The lowest BCUT2D eigenvalue weighted by Crippen LogP contribution is -1.94. The van der Waals surface area contributed by atoms with Crippen molar-refractivity contribution in [2.24, 2.45) is 0 Å². The van der Waals surface area contributed by atoms with Crippen LogP contribution >= 0.6 is 10.7 Å². The number of aromatic nitrogens is 1. The molecule has 1 heterocycles. The summed E-state index contributed by atoms with van der Waals surface area (Å²) in [6, 6.07) is 4.44. The molecule has 1 aromatic heterocycles. The van der Waals surface area contributed by atoms with Crippen LogP contribution in [0.1, 0.15) is 5.69 Å². The molecule has 0 saturated carbocycles. The van der Waals surface area contributed by atoms with Gasteiger partial charge < -0.3 is 4.52 Å². The van der Waals surface area contributed by atoms with E-state index >= 15 is 0 Å². The van der Waals surface area contributed by atoms with Crippen molar-refractivity contribution in [3.8, 4) is 11.3 Å². The van der Waals surface area contributed by atoms with Gasteiger partial charge in [-0.15, -0.1) is 0 Å². The number of nitrogens with zero attached hydrogens (tertiary/aromatic N) is 1. The average molecular weight is 294 g/mol. The Balaban J connectivity index is 2.42. The van der Waals surface area contributed by atoms with Gasteiger partial charge in [0.1, 0.15) is 23.1 Å². The summed E-state index contributed by atoms with van der Waals surface area (Å²) in [5, 5.41) is 3.39. The van der Waals surface area contributed by atoms with Crippen molar-refractivity contribution in [2.45, 2.75) is 5.75 Å². The molecule has 0 aliphatic carbocycles. The summed E-state index contributed by atoms with van der Waals surface area (Å²) in [5.41, 5.74) is -0.425. The van der Waals surface area contributed by atoms with Gasteiger partial charge in [0.15, 0.2) is 5.76 Å². The van der Waals surface area contributed by atoms with Crippen LogP contribution in [0.2, 0.25) is 0 Å². The monoisotopic (exact) mass is 293 g/mol. The molecule has 0 radical (unpaired) electrons. The minimum atomic E-state index is -3.80. The number of hydrogen-bond acceptors (Lipinski definition) is 4. The van der Waals surface area contributed by atoms with Crippen LogP contribution in [0.15, 0.2) is 28.8 Å². The first kappa shape index (κ1) is 13.0. The topological polar surface area (TPSA) is 60.2 Å². The highest BCUT2D eigenvalue weighted by atomic mass is 35.7. The van der Waals surface area contributed by atoms with Crippen LogP contribution in [0.25, 0.3) is 11.3 Å². The van der Waals surface area contributed by atoms with Gasteiger partial charge in [-0.05, 0) is 12.1 Å². The Hall–Kier alpha value is -1.47. The van der Waals surface area contributed by atoms with E-state index in [2.05, 4.69) is 5.16 Å². The Morgan fingerprint density at radius 3 is 2.44 bits per heavy atom. The maximum atomic E-state index is 13.4. The van der Waals surface area contributed by atoms with Gasteiger partial charge in [0, 0.05) is 16.7 Å². The fourth-order valence-corrected chi connectivity index (χ4v) is 2.23. The highest BCUT2D eigenvalue weighted by molar-refractivity contribution is 8.13. The standard InChI is InChI=1S/C10H6ClF2NO3S/c11-18(15,16)5-6-4-9(17-14-6)10-7(12)2-1-3-8(10)13/h1-4H,5H2. The van der Waals surface area contributed by atoms with E-state index in [0.29, 0.717) is 0 Å². The molecule has 0 aliphatic rings. The van der Waals surface area contributed by atoms with Crippen LogP contribution in [0.4, 0.5) is 8.78 Å². The van der Waals surface area contributed by atoms with Crippen molar-refractivity contribution < 1.29 is 21.7 Å². The second-order valence-electron chi connectivity index (χ2n) is 3.46. The number of hydrogen-bond donors (Lipinski definition) is 0. The smallest absolute Gasteiger partial charge is 0.238 e. The van der Waals surface area contributed by atoms with Crippen LogP contribution in [0, 0.1) is 11.6 Å². The van der Waals surface area contributed by atoms with Gasteiger partial charge in [-0.1, -0.05) is 11.2 Å². The summed E-state index contributed by atoms with van der Waals surface area (Å²) in [7, 11) is 1.22. The Morgan fingerprint density at radius 2 is 1.89 bits per heavy atom. The summed E-state index contributed by atoms with van der Waals surface area (Å²) in [6.07, 6.45) is 0. The first-order valence-corrected chi connectivity index (χ1v) is 7.17. The molecular formula is C10H6ClF2NO3S. The second kappa shape index (κ2) is 4.66. The average Bonchev–Trinajstić information content (AvgIpc) is 2.63. The van der Waals surface area contributed by atoms with E-state index in [9.17, 15) is 17.2 Å². The summed E-state index contributed by atoms with van der Waals surface area (Å²) in [4.78, 5) is 0. The molecule has 0 atom stereocenters. The molecule has 0 amide bonds. The minimum Gasteiger partial charge on any atom is -0.356 e. The molecule has 2 aromatic rings. The summed E-state index contributed by atoms with van der Waals surface area (Å²) in [5.74, 6) is -2.42. The van der Waals surface area contributed by atoms with E-state index in [0.717, 1.165) is 18.2 Å². The Morgan fingerprint density at radius 1 is 1.28 bits per heavy atom. The highest BCUT2D eigenvalue weighted by Crippen LogP contribution is 2.27. The molecule has 0 bridgehead atoms. The zero-order valence-corrected chi connectivity index (χ0v) is 10.3. The van der Waals surface area contributed by atoms with Crippen molar-refractivity contribution in [3.63, 3.8) is 0 Å². The number of benzene rings is 1. The molecule has 18 heavy (non-hydrogen) atoms. The zero-order chi connectivity index (χ0) is 13.3.